The Hall–Kier alpha value is -3.10. The molecule has 2 aliphatic rings. The van der Waals surface area contributed by atoms with Crippen LogP contribution in [0.4, 0.5) is 8.78 Å². The molecule has 0 aliphatic heterocycles. The first-order valence-corrected chi connectivity index (χ1v) is 13.2. The molecule has 1 aromatic heterocycles. The number of hydrogen-bond acceptors (Lipinski definition) is 3. The summed E-state index contributed by atoms with van der Waals surface area (Å²) in [4.78, 5) is -0.311. The van der Waals surface area contributed by atoms with Crippen LogP contribution >= 0.6 is 0 Å². The molecule has 0 saturated heterocycles. The lowest BCUT2D eigenvalue weighted by molar-refractivity contribution is 0.379. The average Bonchev–Trinajstić information content (AvgIpc) is 3.44. The molecule has 35 heavy (non-hydrogen) atoms. The van der Waals surface area contributed by atoms with E-state index >= 15 is 0 Å². The summed E-state index contributed by atoms with van der Waals surface area (Å²) in [6.45, 7) is 6.23. The van der Waals surface area contributed by atoms with Crippen LogP contribution in [0.2, 0.25) is 0 Å². The van der Waals surface area contributed by atoms with Crippen molar-refractivity contribution >= 4 is 10.0 Å². The Morgan fingerprint density at radius 2 is 1.91 bits per heavy atom. The third kappa shape index (κ3) is 4.15. The monoisotopic (exact) mass is 495 g/mol. The van der Waals surface area contributed by atoms with Gasteiger partial charge in [-0.15, -0.1) is 6.58 Å². The Labute approximate surface area is 204 Å². The number of aromatic nitrogens is 2. The minimum absolute atomic E-state index is 0.0313. The van der Waals surface area contributed by atoms with Crippen LogP contribution in [0.5, 0.6) is 0 Å². The number of fused-ring (bicyclic) bond motifs is 1. The molecule has 5 rings (SSSR count). The average molecular weight is 496 g/mol. The van der Waals surface area contributed by atoms with Gasteiger partial charge in [0.2, 0.25) is 10.0 Å². The fourth-order valence-electron chi connectivity index (χ4n) is 5.53. The summed E-state index contributed by atoms with van der Waals surface area (Å²) in [5.41, 5.74) is 5.57. The lowest BCUT2D eigenvalue weighted by Crippen LogP contribution is -2.36. The summed E-state index contributed by atoms with van der Waals surface area (Å²) in [7, 11) is -4.02. The van der Waals surface area contributed by atoms with Crippen molar-refractivity contribution in [3.8, 4) is 5.69 Å². The van der Waals surface area contributed by atoms with Crippen LogP contribution in [-0.2, 0) is 16.4 Å². The summed E-state index contributed by atoms with van der Waals surface area (Å²) < 4.78 is 57.7. The van der Waals surface area contributed by atoms with Gasteiger partial charge in [0.05, 0.1) is 17.6 Å². The Kier molecular flexibility index (Phi) is 6.19. The molecule has 8 heteroatoms. The van der Waals surface area contributed by atoms with Crippen molar-refractivity contribution in [2.75, 3.05) is 13.1 Å². The highest BCUT2D eigenvalue weighted by Gasteiger charge is 2.38. The van der Waals surface area contributed by atoms with E-state index in [9.17, 15) is 17.2 Å². The zero-order chi connectivity index (χ0) is 24.7. The number of benzene rings is 2. The predicted octanol–water partition coefficient (Wildman–Crippen LogP) is 5.39. The Balaban J connectivity index is 1.44. The van der Waals surface area contributed by atoms with E-state index in [0.29, 0.717) is 0 Å². The molecule has 2 atom stereocenters. The molecule has 0 N–H and O–H groups in total. The summed E-state index contributed by atoms with van der Waals surface area (Å²) in [6.07, 6.45) is 5.84. The fourth-order valence-corrected chi connectivity index (χ4v) is 7.05. The van der Waals surface area contributed by atoms with Gasteiger partial charge in [-0.3, -0.25) is 0 Å². The van der Waals surface area contributed by atoms with E-state index in [-0.39, 0.29) is 35.6 Å². The van der Waals surface area contributed by atoms with Crippen molar-refractivity contribution in [2.24, 2.45) is 5.92 Å². The first kappa shape index (κ1) is 23.6. The number of hydrogen-bond donors (Lipinski definition) is 0. The van der Waals surface area contributed by atoms with E-state index in [2.05, 4.69) is 18.6 Å². The van der Waals surface area contributed by atoms with E-state index in [1.807, 2.05) is 10.9 Å². The third-order valence-corrected chi connectivity index (χ3v) is 9.00. The molecule has 2 aliphatic carbocycles. The molecule has 0 radical (unpaired) electrons. The number of allylic oxidation sites excluding steroid dienone is 1. The molecule has 0 unspecified atom stereocenters. The molecule has 182 valence electrons. The van der Waals surface area contributed by atoms with Crippen LogP contribution in [0.3, 0.4) is 0 Å². The normalized spacial score (nSPS) is 19.7. The SMILES string of the molecule is C=CCN(C[C@H]1CCC2=C1[C@@H](C)c1cnn(-c3ccc(F)cc3)c1C2)S(=O)(=O)c1ccccc1F. The lowest BCUT2D eigenvalue weighted by atomic mass is 9.80. The van der Waals surface area contributed by atoms with E-state index in [0.717, 1.165) is 36.2 Å². The van der Waals surface area contributed by atoms with Crippen LogP contribution in [0.15, 0.2) is 83.4 Å². The Morgan fingerprint density at radius 1 is 1.17 bits per heavy atom. The van der Waals surface area contributed by atoms with E-state index in [1.165, 1.54) is 57.9 Å². The second-order valence-electron chi connectivity index (χ2n) is 9.17. The number of rotatable bonds is 7. The highest BCUT2D eigenvalue weighted by molar-refractivity contribution is 7.89. The summed E-state index contributed by atoms with van der Waals surface area (Å²) in [5, 5.41) is 4.59. The maximum atomic E-state index is 14.4. The van der Waals surface area contributed by atoms with Gasteiger partial charge in [-0.1, -0.05) is 36.3 Å². The van der Waals surface area contributed by atoms with Gasteiger partial charge < -0.3 is 0 Å². The highest BCUT2D eigenvalue weighted by Crippen LogP contribution is 2.47. The van der Waals surface area contributed by atoms with Gasteiger partial charge in [0.1, 0.15) is 16.5 Å². The molecule has 0 fully saturated rings. The summed E-state index contributed by atoms with van der Waals surface area (Å²) in [5.74, 6) is -0.932. The number of sulfonamides is 1. The maximum Gasteiger partial charge on any atom is 0.246 e. The molecule has 2 aromatic carbocycles. The van der Waals surface area contributed by atoms with E-state index in [1.54, 1.807) is 12.1 Å². The molecule has 0 amide bonds. The Bertz CT molecular complexity index is 1410. The van der Waals surface area contributed by atoms with Gasteiger partial charge >= 0.3 is 0 Å². The molecule has 0 saturated carbocycles. The standard InChI is InChI=1S/C27H27F2N3O2S/c1-3-14-31(35(33,34)26-7-5-4-6-24(26)29)17-20-9-8-19-15-25-23(18(2)27(19)20)16-30-32(25)22-12-10-21(28)11-13-22/h3-7,10-13,16,18,20H,1,8-9,14-15,17H2,2H3/t18-,20+/m0/s1. The van der Waals surface area contributed by atoms with Crippen LogP contribution in [0, 0.1) is 17.6 Å². The molecular weight excluding hydrogens is 468 g/mol. The lowest BCUT2D eigenvalue weighted by Gasteiger charge is -2.30. The van der Waals surface area contributed by atoms with Crippen LogP contribution in [0.25, 0.3) is 5.69 Å². The minimum atomic E-state index is -4.02. The van der Waals surface area contributed by atoms with Gasteiger partial charge in [-0.25, -0.2) is 21.9 Å². The maximum absolute atomic E-state index is 14.4. The number of halogens is 2. The topological polar surface area (TPSA) is 55.2 Å². The van der Waals surface area contributed by atoms with Crippen molar-refractivity contribution in [1.82, 2.24) is 14.1 Å². The van der Waals surface area contributed by atoms with Crippen molar-refractivity contribution in [1.29, 1.82) is 0 Å². The molecular formula is C27H27F2N3O2S. The van der Waals surface area contributed by atoms with Crippen molar-refractivity contribution < 1.29 is 17.2 Å². The molecule has 3 aromatic rings. The third-order valence-electron chi connectivity index (χ3n) is 7.14. The molecule has 1 heterocycles. The largest absolute Gasteiger partial charge is 0.246 e. The van der Waals surface area contributed by atoms with E-state index < -0.39 is 15.8 Å². The summed E-state index contributed by atoms with van der Waals surface area (Å²) in [6, 6.07) is 11.8. The second-order valence-corrected chi connectivity index (χ2v) is 11.1. The van der Waals surface area contributed by atoms with Gasteiger partial charge in [0.15, 0.2) is 0 Å². The van der Waals surface area contributed by atoms with Gasteiger partial charge in [0, 0.05) is 31.0 Å². The summed E-state index contributed by atoms with van der Waals surface area (Å²) >= 11 is 0. The zero-order valence-corrected chi connectivity index (χ0v) is 20.3. The Morgan fingerprint density at radius 3 is 2.63 bits per heavy atom. The number of nitrogens with zero attached hydrogens (tertiary/aromatic N) is 3. The minimum Gasteiger partial charge on any atom is -0.237 e. The fraction of sp³-hybridized carbons (Fsp3) is 0.296. The van der Waals surface area contributed by atoms with Crippen molar-refractivity contribution in [2.45, 2.75) is 37.0 Å². The van der Waals surface area contributed by atoms with Crippen LogP contribution < -0.4 is 0 Å². The molecule has 5 nitrogen and oxygen atoms in total. The highest BCUT2D eigenvalue weighted by atomic mass is 32.2. The van der Waals surface area contributed by atoms with Gasteiger partial charge in [0.25, 0.3) is 0 Å². The predicted molar refractivity (Wildman–Crippen MR) is 131 cm³/mol. The van der Waals surface area contributed by atoms with Crippen molar-refractivity contribution in [3.63, 3.8) is 0 Å². The van der Waals surface area contributed by atoms with Crippen molar-refractivity contribution in [3.05, 3.63) is 101 Å². The van der Waals surface area contributed by atoms with Crippen LogP contribution in [0.1, 0.15) is 36.9 Å². The quantitative estimate of drug-likeness (QED) is 0.413. The first-order chi connectivity index (χ1) is 16.8. The van der Waals surface area contributed by atoms with Gasteiger partial charge in [-0.05, 0) is 55.2 Å². The second kappa shape index (κ2) is 9.17. The van der Waals surface area contributed by atoms with E-state index in [4.69, 9.17) is 0 Å². The zero-order valence-electron chi connectivity index (χ0n) is 19.5. The van der Waals surface area contributed by atoms with Gasteiger partial charge in [-0.2, -0.15) is 9.40 Å². The smallest absolute Gasteiger partial charge is 0.237 e. The molecule has 0 bridgehead atoms. The first-order valence-electron chi connectivity index (χ1n) is 11.7. The van der Waals surface area contributed by atoms with Crippen LogP contribution in [-0.4, -0.2) is 35.6 Å². The molecule has 0 spiro atoms.